The Kier molecular flexibility index (Phi) is 10.1. The van der Waals surface area contributed by atoms with E-state index in [0.29, 0.717) is 37.9 Å². The normalized spacial score (nSPS) is 17.8. The highest BCUT2D eigenvalue weighted by Crippen LogP contribution is 2.16. The topological polar surface area (TPSA) is 68.2 Å². The van der Waals surface area contributed by atoms with Crippen LogP contribution >= 0.6 is 0 Å². The summed E-state index contributed by atoms with van der Waals surface area (Å²) in [5.41, 5.74) is 0. The summed E-state index contributed by atoms with van der Waals surface area (Å²) >= 11 is 0. The molecule has 150 valence electrons. The second kappa shape index (κ2) is 11.8. The lowest BCUT2D eigenvalue weighted by Gasteiger charge is -2.31. The van der Waals surface area contributed by atoms with Crippen molar-refractivity contribution in [3.05, 3.63) is 0 Å². The lowest BCUT2D eigenvalue weighted by Crippen LogP contribution is -2.45. The predicted molar refractivity (Wildman–Crippen MR) is 106 cm³/mol. The van der Waals surface area contributed by atoms with Crippen molar-refractivity contribution in [1.29, 1.82) is 0 Å². The SMILES string of the molecule is CCNC(=NCCC(=O)N1CCCC(C)C1)N(C)CC(=O)N(CC)CC. The Morgan fingerprint density at radius 2 is 1.92 bits per heavy atom. The first kappa shape index (κ1) is 22.3. The maximum atomic E-state index is 12.4. The van der Waals surface area contributed by atoms with Gasteiger partial charge in [-0.15, -0.1) is 0 Å². The quantitative estimate of drug-likeness (QED) is 0.520. The van der Waals surface area contributed by atoms with Gasteiger partial charge in [-0.05, 0) is 39.5 Å². The zero-order valence-corrected chi connectivity index (χ0v) is 17.3. The maximum absolute atomic E-state index is 12.4. The molecule has 1 N–H and O–H groups in total. The monoisotopic (exact) mass is 367 g/mol. The van der Waals surface area contributed by atoms with Crippen LogP contribution in [0.1, 0.15) is 47.0 Å². The number of likely N-dealkylation sites (tertiary alicyclic amines) is 1. The van der Waals surface area contributed by atoms with Gasteiger partial charge >= 0.3 is 0 Å². The zero-order chi connectivity index (χ0) is 19.5. The average molecular weight is 368 g/mol. The van der Waals surface area contributed by atoms with Crippen LogP contribution in [0.25, 0.3) is 0 Å². The highest BCUT2D eigenvalue weighted by molar-refractivity contribution is 5.86. The number of aliphatic imine (C=N–C) groups is 1. The molecule has 0 aliphatic carbocycles. The molecule has 2 amide bonds. The van der Waals surface area contributed by atoms with Crippen molar-refractivity contribution in [3.63, 3.8) is 0 Å². The molecule has 1 aliphatic rings. The summed E-state index contributed by atoms with van der Waals surface area (Å²) in [6, 6.07) is 0. The number of hydrogen-bond acceptors (Lipinski definition) is 3. The van der Waals surface area contributed by atoms with E-state index in [2.05, 4.69) is 17.2 Å². The first-order valence-electron chi connectivity index (χ1n) is 9.97. The van der Waals surface area contributed by atoms with Gasteiger partial charge in [0.15, 0.2) is 5.96 Å². The highest BCUT2D eigenvalue weighted by atomic mass is 16.2. The lowest BCUT2D eigenvalue weighted by atomic mass is 10.00. The Morgan fingerprint density at radius 1 is 1.23 bits per heavy atom. The minimum atomic E-state index is 0.0847. The molecule has 0 aromatic carbocycles. The van der Waals surface area contributed by atoms with E-state index in [9.17, 15) is 9.59 Å². The van der Waals surface area contributed by atoms with Gasteiger partial charge in [0.1, 0.15) is 0 Å². The molecule has 1 atom stereocenters. The number of carbonyl (C=O) groups is 2. The van der Waals surface area contributed by atoms with E-state index >= 15 is 0 Å². The van der Waals surface area contributed by atoms with Crippen LogP contribution in [-0.4, -0.2) is 85.3 Å². The molecule has 1 heterocycles. The molecular weight excluding hydrogens is 330 g/mol. The van der Waals surface area contributed by atoms with E-state index in [1.807, 2.05) is 37.6 Å². The van der Waals surface area contributed by atoms with Gasteiger partial charge in [0, 0.05) is 46.2 Å². The Balaban J connectivity index is 2.56. The first-order chi connectivity index (χ1) is 12.4. The van der Waals surface area contributed by atoms with Gasteiger partial charge in [-0.25, -0.2) is 0 Å². The van der Waals surface area contributed by atoms with Gasteiger partial charge in [-0.1, -0.05) is 6.92 Å². The second-order valence-corrected chi connectivity index (χ2v) is 6.99. The third kappa shape index (κ3) is 7.22. The van der Waals surface area contributed by atoms with E-state index in [4.69, 9.17) is 0 Å². The standard InChI is InChI=1S/C19H37N5O2/c1-6-20-19(22(5)15-18(26)23(7-2)8-3)21-12-11-17(25)24-13-9-10-16(4)14-24/h16H,6-15H2,1-5H3,(H,20,21). The molecule has 0 bridgehead atoms. The number of hydrogen-bond donors (Lipinski definition) is 1. The molecule has 7 nitrogen and oxygen atoms in total. The van der Waals surface area contributed by atoms with E-state index in [0.717, 1.165) is 26.1 Å². The second-order valence-electron chi connectivity index (χ2n) is 6.99. The van der Waals surface area contributed by atoms with Crippen molar-refractivity contribution in [1.82, 2.24) is 20.0 Å². The number of nitrogens with zero attached hydrogens (tertiary/aromatic N) is 4. The molecule has 1 unspecified atom stereocenters. The summed E-state index contributed by atoms with van der Waals surface area (Å²) in [5, 5.41) is 3.20. The minimum absolute atomic E-state index is 0.0847. The number of rotatable bonds is 8. The number of nitrogens with one attached hydrogen (secondary N) is 1. The van der Waals surface area contributed by atoms with Gasteiger partial charge in [0.05, 0.1) is 13.1 Å². The highest BCUT2D eigenvalue weighted by Gasteiger charge is 2.20. The van der Waals surface area contributed by atoms with Crippen molar-refractivity contribution in [2.45, 2.75) is 47.0 Å². The summed E-state index contributed by atoms with van der Waals surface area (Å²) in [5.74, 6) is 1.53. The molecule has 0 radical (unpaired) electrons. The molecule has 1 aliphatic heterocycles. The minimum Gasteiger partial charge on any atom is -0.357 e. The summed E-state index contributed by atoms with van der Waals surface area (Å²) in [6.07, 6.45) is 2.71. The van der Waals surface area contributed by atoms with Gasteiger partial charge in [0.25, 0.3) is 0 Å². The third-order valence-electron chi connectivity index (χ3n) is 4.78. The van der Waals surface area contributed by atoms with Crippen molar-refractivity contribution in [2.24, 2.45) is 10.9 Å². The van der Waals surface area contributed by atoms with Crippen LogP contribution < -0.4 is 5.32 Å². The molecule has 0 aromatic heterocycles. The number of guanidine groups is 1. The van der Waals surface area contributed by atoms with Crippen LogP contribution in [0, 0.1) is 5.92 Å². The number of amides is 2. The Morgan fingerprint density at radius 3 is 2.50 bits per heavy atom. The van der Waals surface area contributed by atoms with Crippen LogP contribution in [0.4, 0.5) is 0 Å². The van der Waals surface area contributed by atoms with E-state index in [1.54, 1.807) is 4.90 Å². The van der Waals surface area contributed by atoms with Crippen LogP contribution in [0.15, 0.2) is 4.99 Å². The summed E-state index contributed by atoms with van der Waals surface area (Å²) in [6.45, 7) is 12.7. The summed E-state index contributed by atoms with van der Waals surface area (Å²) < 4.78 is 0. The molecule has 7 heteroatoms. The average Bonchev–Trinajstić information content (AvgIpc) is 2.61. The van der Waals surface area contributed by atoms with Crippen molar-refractivity contribution < 1.29 is 9.59 Å². The number of likely N-dealkylation sites (N-methyl/N-ethyl adjacent to an activating group) is 2. The maximum Gasteiger partial charge on any atom is 0.242 e. The van der Waals surface area contributed by atoms with Crippen LogP contribution in [0.5, 0.6) is 0 Å². The molecule has 0 spiro atoms. The third-order valence-corrected chi connectivity index (χ3v) is 4.78. The molecule has 0 saturated carbocycles. The van der Waals surface area contributed by atoms with Gasteiger partial charge < -0.3 is 20.0 Å². The fourth-order valence-corrected chi connectivity index (χ4v) is 3.26. The van der Waals surface area contributed by atoms with Crippen molar-refractivity contribution in [2.75, 3.05) is 52.9 Å². The Labute approximate surface area is 158 Å². The molecule has 0 aromatic rings. The zero-order valence-electron chi connectivity index (χ0n) is 17.3. The van der Waals surface area contributed by atoms with Crippen molar-refractivity contribution >= 4 is 17.8 Å². The van der Waals surface area contributed by atoms with Crippen LogP contribution in [0.2, 0.25) is 0 Å². The van der Waals surface area contributed by atoms with Gasteiger partial charge in [0.2, 0.25) is 11.8 Å². The van der Waals surface area contributed by atoms with Gasteiger partial charge in [-0.2, -0.15) is 0 Å². The molecule has 1 fully saturated rings. The van der Waals surface area contributed by atoms with Crippen molar-refractivity contribution in [3.8, 4) is 0 Å². The fourth-order valence-electron chi connectivity index (χ4n) is 3.26. The summed E-state index contributed by atoms with van der Waals surface area (Å²) in [7, 11) is 1.86. The molecule has 1 saturated heterocycles. The van der Waals surface area contributed by atoms with E-state index < -0.39 is 0 Å². The predicted octanol–water partition coefficient (Wildman–Crippen LogP) is 1.40. The van der Waals surface area contributed by atoms with E-state index in [-0.39, 0.29) is 18.4 Å². The lowest BCUT2D eigenvalue weighted by molar-refractivity contribution is -0.133. The van der Waals surface area contributed by atoms with Gasteiger partial charge in [-0.3, -0.25) is 14.6 Å². The first-order valence-corrected chi connectivity index (χ1v) is 9.97. The Hall–Kier alpha value is -1.79. The van der Waals surface area contributed by atoms with E-state index in [1.165, 1.54) is 6.42 Å². The largest absolute Gasteiger partial charge is 0.357 e. The Bertz CT molecular complexity index is 477. The molecular formula is C19H37N5O2. The summed E-state index contributed by atoms with van der Waals surface area (Å²) in [4.78, 5) is 34.8. The number of piperidine rings is 1. The fraction of sp³-hybridized carbons (Fsp3) is 0.842. The molecule has 1 rings (SSSR count). The van der Waals surface area contributed by atoms with Crippen LogP contribution in [-0.2, 0) is 9.59 Å². The number of carbonyl (C=O) groups excluding carboxylic acids is 2. The molecule has 26 heavy (non-hydrogen) atoms. The smallest absolute Gasteiger partial charge is 0.242 e. The van der Waals surface area contributed by atoms with Crippen LogP contribution in [0.3, 0.4) is 0 Å².